The number of nitrogens with zero attached hydrogens (tertiary/aromatic N) is 2. The van der Waals surface area contributed by atoms with E-state index in [1.54, 1.807) is 18.2 Å². The van der Waals surface area contributed by atoms with Crippen molar-refractivity contribution in [3.63, 3.8) is 0 Å². The van der Waals surface area contributed by atoms with Gasteiger partial charge in [-0.2, -0.15) is 0 Å². The number of nitrogens with one attached hydrogen (secondary N) is 1. The van der Waals surface area contributed by atoms with Crippen molar-refractivity contribution in [1.82, 2.24) is 14.9 Å². The number of fused-ring (bicyclic) bond motifs is 1. The van der Waals surface area contributed by atoms with Crippen LogP contribution in [0, 0.1) is 0 Å². The lowest BCUT2D eigenvalue weighted by atomic mass is 10.1. The lowest BCUT2D eigenvalue weighted by Crippen LogP contribution is -2.35. The molecule has 0 bridgehead atoms. The Hall–Kier alpha value is -2.08. The standard InChI is InChI=1S/C21H19Cl2N3O2/c22-13-3-5-17(23)15(9-13)19-6-4-14(28-19)10-26-8-7-18-16(11-26)21(27)25-20(24-18)12-1-2-12/h3-6,9,12H,1-2,7-8,10-11H2,(H,24,25,27). The summed E-state index contributed by atoms with van der Waals surface area (Å²) in [5.74, 6) is 2.84. The maximum atomic E-state index is 12.5. The quantitative estimate of drug-likeness (QED) is 0.666. The lowest BCUT2D eigenvalue weighted by molar-refractivity contribution is 0.223. The van der Waals surface area contributed by atoms with Gasteiger partial charge in [-0.25, -0.2) is 4.98 Å². The molecule has 28 heavy (non-hydrogen) atoms. The molecule has 144 valence electrons. The summed E-state index contributed by atoms with van der Waals surface area (Å²) in [5, 5.41) is 1.21. The molecule has 5 nitrogen and oxygen atoms in total. The summed E-state index contributed by atoms with van der Waals surface area (Å²) in [6, 6.07) is 9.16. The van der Waals surface area contributed by atoms with Crippen LogP contribution >= 0.6 is 23.2 Å². The molecule has 1 aromatic carbocycles. The van der Waals surface area contributed by atoms with Crippen molar-refractivity contribution in [2.75, 3.05) is 6.54 Å². The van der Waals surface area contributed by atoms with Crippen LogP contribution in [0.1, 0.15) is 41.6 Å². The molecule has 1 aliphatic heterocycles. The molecule has 0 spiro atoms. The fraction of sp³-hybridized carbons (Fsp3) is 0.333. The fourth-order valence-corrected chi connectivity index (χ4v) is 4.08. The zero-order valence-corrected chi connectivity index (χ0v) is 16.7. The van der Waals surface area contributed by atoms with E-state index in [1.807, 2.05) is 12.1 Å². The van der Waals surface area contributed by atoms with Gasteiger partial charge in [0.1, 0.15) is 17.3 Å². The first-order chi connectivity index (χ1) is 13.6. The molecule has 0 atom stereocenters. The van der Waals surface area contributed by atoms with Crippen molar-refractivity contribution in [2.24, 2.45) is 0 Å². The van der Waals surface area contributed by atoms with E-state index >= 15 is 0 Å². The van der Waals surface area contributed by atoms with Gasteiger partial charge in [0.15, 0.2) is 0 Å². The van der Waals surface area contributed by atoms with E-state index in [-0.39, 0.29) is 5.56 Å². The Kier molecular flexibility index (Phi) is 4.54. The van der Waals surface area contributed by atoms with Crippen molar-refractivity contribution < 1.29 is 4.42 Å². The van der Waals surface area contributed by atoms with Gasteiger partial charge in [0, 0.05) is 36.0 Å². The minimum atomic E-state index is 0.00226. The van der Waals surface area contributed by atoms with Crippen LogP contribution in [0.4, 0.5) is 0 Å². The van der Waals surface area contributed by atoms with Gasteiger partial charge in [0.05, 0.1) is 22.8 Å². The third-order valence-electron chi connectivity index (χ3n) is 5.37. The Bertz CT molecular complexity index is 1100. The summed E-state index contributed by atoms with van der Waals surface area (Å²) in [4.78, 5) is 22.4. The van der Waals surface area contributed by atoms with Gasteiger partial charge < -0.3 is 9.40 Å². The van der Waals surface area contributed by atoms with Crippen molar-refractivity contribution in [1.29, 1.82) is 0 Å². The third kappa shape index (κ3) is 3.50. The van der Waals surface area contributed by atoms with E-state index in [2.05, 4.69) is 9.88 Å². The first-order valence-corrected chi connectivity index (χ1v) is 10.2. The van der Waals surface area contributed by atoms with Crippen LogP contribution in [0.2, 0.25) is 10.0 Å². The normalized spacial score (nSPS) is 16.9. The zero-order valence-electron chi connectivity index (χ0n) is 15.2. The maximum absolute atomic E-state index is 12.5. The second-order valence-corrected chi connectivity index (χ2v) is 8.35. The molecule has 0 amide bonds. The molecule has 1 aliphatic carbocycles. The topological polar surface area (TPSA) is 62.1 Å². The summed E-state index contributed by atoms with van der Waals surface area (Å²) < 4.78 is 6.00. The van der Waals surface area contributed by atoms with E-state index in [1.165, 1.54) is 0 Å². The number of hydrogen-bond acceptors (Lipinski definition) is 4. The summed E-state index contributed by atoms with van der Waals surface area (Å²) in [6.07, 6.45) is 3.04. The van der Waals surface area contributed by atoms with Crippen LogP contribution in [-0.2, 0) is 19.5 Å². The number of benzene rings is 1. The molecule has 2 aliphatic rings. The molecule has 1 saturated carbocycles. The Labute approximate surface area is 172 Å². The maximum Gasteiger partial charge on any atom is 0.255 e. The molecular weight excluding hydrogens is 397 g/mol. The number of halogens is 2. The van der Waals surface area contributed by atoms with Gasteiger partial charge in [0.25, 0.3) is 5.56 Å². The SMILES string of the molecule is O=c1[nH]c(C2CC2)nc2c1CN(Cc1ccc(-c3cc(Cl)ccc3Cl)o1)CC2. The van der Waals surface area contributed by atoms with Gasteiger partial charge in [-0.1, -0.05) is 23.2 Å². The third-order valence-corrected chi connectivity index (χ3v) is 5.93. The Morgan fingerprint density at radius 3 is 2.89 bits per heavy atom. The van der Waals surface area contributed by atoms with E-state index in [9.17, 15) is 4.79 Å². The molecule has 1 fully saturated rings. The molecular formula is C21H19Cl2N3O2. The molecule has 2 aromatic heterocycles. The summed E-state index contributed by atoms with van der Waals surface area (Å²) in [6.45, 7) is 2.06. The molecule has 5 rings (SSSR count). The zero-order chi connectivity index (χ0) is 19.3. The van der Waals surface area contributed by atoms with Gasteiger partial charge in [0.2, 0.25) is 0 Å². The summed E-state index contributed by atoms with van der Waals surface area (Å²) in [7, 11) is 0. The van der Waals surface area contributed by atoms with Gasteiger partial charge in [-0.05, 0) is 43.2 Å². The predicted molar refractivity (Wildman–Crippen MR) is 109 cm³/mol. The van der Waals surface area contributed by atoms with Crippen molar-refractivity contribution >= 4 is 23.2 Å². The second kappa shape index (κ2) is 7.07. The second-order valence-electron chi connectivity index (χ2n) is 7.50. The monoisotopic (exact) mass is 415 g/mol. The highest BCUT2D eigenvalue weighted by molar-refractivity contribution is 6.35. The highest BCUT2D eigenvalue weighted by Gasteiger charge is 2.29. The van der Waals surface area contributed by atoms with Gasteiger partial charge in [-0.3, -0.25) is 9.69 Å². The number of furan rings is 1. The Morgan fingerprint density at radius 2 is 2.07 bits per heavy atom. The molecule has 0 unspecified atom stereocenters. The fourth-order valence-electron chi connectivity index (χ4n) is 3.70. The Morgan fingerprint density at radius 1 is 1.21 bits per heavy atom. The first-order valence-electron chi connectivity index (χ1n) is 9.45. The molecule has 1 N–H and O–H groups in total. The van der Waals surface area contributed by atoms with Crippen LogP contribution in [0.25, 0.3) is 11.3 Å². The molecule has 0 radical (unpaired) electrons. The summed E-state index contributed by atoms with van der Waals surface area (Å²) in [5.41, 5.74) is 2.51. The average Bonchev–Trinajstić information content (AvgIpc) is 3.44. The molecule has 3 aromatic rings. The first kappa shape index (κ1) is 18.0. The van der Waals surface area contributed by atoms with Gasteiger partial charge >= 0.3 is 0 Å². The highest BCUT2D eigenvalue weighted by atomic mass is 35.5. The molecule has 0 saturated heterocycles. The number of aromatic amines is 1. The lowest BCUT2D eigenvalue weighted by Gasteiger charge is -2.26. The van der Waals surface area contributed by atoms with Crippen LogP contribution in [-0.4, -0.2) is 21.4 Å². The van der Waals surface area contributed by atoms with Crippen LogP contribution in [0.3, 0.4) is 0 Å². The smallest absolute Gasteiger partial charge is 0.255 e. The largest absolute Gasteiger partial charge is 0.460 e. The number of H-pyrrole nitrogens is 1. The van der Waals surface area contributed by atoms with E-state index in [0.29, 0.717) is 34.8 Å². The molecule has 3 heterocycles. The number of aromatic nitrogens is 2. The molecule has 7 heteroatoms. The Balaban J connectivity index is 1.34. The minimum Gasteiger partial charge on any atom is -0.460 e. The number of hydrogen-bond donors (Lipinski definition) is 1. The average molecular weight is 416 g/mol. The van der Waals surface area contributed by atoms with Crippen LogP contribution in [0.15, 0.2) is 39.5 Å². The highest BCUT2D eigenvalue weighted by Crippen LogP contribution is 2.38. The van der Waals surface area contributed by atoms with Crippen LogP contribution < -0.4 is 5.56 Å². The van der Waals surface area contributed by atoms with Crippen molar-refractivity contribution in [3.05, 3.63) is 73.6 Å². The number of rotatable bonds is 4. The summed E-state index contributed by atoms with van der Waals surface area (Å²) >= 11 is 12.3. The predicted octanol–water partition coefficient (Wildman–Crippen LogP) is 4.77. The minimum absolute atomic E-state index is 0.00226. The van der Waals surface area contributed by atoms with Crippen molar-refractivity contribution in [3.8, 4) is 11.3 Å². The van der Waals surface area contributed by atoms with Gasteiger partial charge in [-0.15, -0.1) is 0 Å². The van der Waals surface area contributed by atoms with E-state index in [0.717, 1.165) is 54.2 Å². The van der Waals surface area contributed by atoms with E-state index in [4.69, 9.17) is 32.6 Å². The van der Waals surface area contributed by atoms with Crippen LogP contribution in [0.5, 0.6) is 0 Å². The van der Waals surface area contributed by atoms with Crippen molar-refractivity contribution in [2.45, 2.75) is 38.3 Å². The van der Waals surface area contributed by atoms with E-state index < -0.39 is 0 Å².